The van der Waals surface area contributed by atoms with E-state index in [2.05, 4.69) is 14.6 Å². The van der Waals surface area contributed by atoms with Gasteiger partial charge in [-0.1, -0.05) is 29.4 Å². The maximum atomic E-state index is 13.2. The minimum atomic E-state index is -0.613. The Morgan fingerprint density at radius 3 is 2.56 bits per heavy atom. The van der Waals surface area contributed by atoms with Crippen LogP contribution in [0.25, 0.3) is 21.8 Å². The Hall–Kier alpha value is -4.26. The maximum Gasteiger partial charge on any atom is 0.331 e. The maximum absolute atomic E-state index is 13.2. The minimum absolute atomic E-state index is 0.0247. The van der Waals surface area contributed by atoms with Gasteiger partial charge in [0.2, 0.25) is 5.78 Å². The monoisotopic (exact) mass is 454 g/mol. The van der Waals surface area contributed by atoms with Crippen LogP contribution in [0.3, 0.4) is 0 Å². The van der Waals surface area contributed by atoms with Crippen LogP contribution in [0.2, 0.25) is 0 Å². The van der Waals surface area contributed by atoms with Gasteiger partial charge in [-0.15, -0.1) is 0 Å². The summed E-state index contributed by atoms with van der Waals surface area (Å²) in [7, 11) is 0. The average molecular weight is 454 g/mol. The molecule has 0 amide bonds. The number of ketones is 2. The molecule has 1 aliphatic rings. The van der Waals surface area contributed by atoms with Crippen LogP contribution in [-0.2, 0) is 16.2 Å². The summed E-state index contributed by atoms with van der Waals surface area (Å²) in [4.78, 5) is 42.0. The lowest BCUT2D eigenvalue weighted by Gasteiger charge is -2.18. The van der Waals surface area contributed by atoms with Crippen molar-refractivity contribution >= 4 is 45.1 Å². The highest BCUT2D eigenvalue weighted by molar-refractivity contribution is 6.48. The van der Waals surface area contributed by atoms with Crippen LogP contribution >= 0.6 is 0 Å². The second-order valence-electron chi connectivity index (χ2n) is 8.22. The van der Waals surface area contributed by atoms with Crippen molar-refractivity contribution in [3.63, 3.8) is 0 Å². The first-order valence-corrected chi connectivity index (χ1v) is 11.0. The number of rotatable bonds is 4. The lowest BCUT2D eigenvalue weighted by atomic mass is 9.97. The molecule has 34 heavy (non-hydrogen) atoms. The molecule has 0 saturated heterocycles. The van der Waals surface area contributed by atoms with Crippen LogP contribution in [0.15, 0.2) is 59.8 Å². The summed E-state index contributed by atoms with van der Waals surface area (Å²) in [6.07, 6.45) is 0. The number of aryl methyl sites for hydroxylation is 2. The summed E-state index contributed by atoms with van der Waals surface area (Å²) in [5.74, 6) is -0.564. The fourth-order valence-electron chi connectivity index (χ4n) is 4.44. The quantitative estimate of drug-likeness (QED) is 0.250. The van der Waals surface area contributed by atoms with Gasteiger partial charge in [0.25, 0.3) is 0 Å². The number of ether oxygens (including phenoxy) is 1. The molecule has 3 aromatic carbocycles. The summed E-state index contributed by atoms with van der Waals surface area (Å²) < 4.78 is 7.89. The van der Waals surface area contributed by atoms with E-state index < -0.39 is 5.97 Å². The van der Waals surface area contributed by atoms with Crippen molar-refractivity contribution in [3.8, 4) is 5.75 Å². The molecule has 0 saturated carbocycles. The lowest BCUT2D eigenvalue weighted by molar-refractivity contribution is -0.140. The van der Waals surface area contributed by atoms with Crippen molar-refractivity contribution in [2.45, 2.75) is 27.3 Å². The Morgan fingerprint density at radius 1 is 1.06 bits per heavy atom. The largest absolute Gasteiger partial charge is 0.486 e. The first-order chi connectivity index (χ1) is 16.4. The number of carbonyl (C=O) groups excluding carboxylic acids is 3. The number of hydrogen-bond acceptors (Lipinski definition) is 6. The molecule has 7 heteroatoms. The van der Waals surface area contributed by atoms with Crippen LogP contribution in [-0.4, -0.2) is 34.4 Å². The van der Waals surface area contributed by atoms with Gasteiger partial charge in [-0.05, 0) is 43.7 Å². The number of hydrogen-bond donors (Lipinski definition) is 0. The van der Waals surface area contributed by atoms with Gasteiger partial charge in [-0.2, -0.15) is 0 Å². The number of aromatic nitrogens is 1. The van der Waals surface area contributed by atoms with E-state index in [0.717, 1.165) is 27.4 Å². The second kappa shape index (κ2) is 8.26. The van der Waals surface area contributed by atoms with Gasteiger partial charge in [0, 0.05) is 47.0 Å². The summed E-state index contributed by atoms with van der Waals surface area (Å²) >= 11 is 0. The molecule has 2 heterocycles. The van der Waals surface area contributed by atoms with Crippen LogP contribution < -0.4 is 4.74 Å². The highest BCUT2D eigenvalue weighted by atomic mass is 16.7. The average Bonchev–Trinajstić information content (AvgIpc) is 3.14. The molecule has 0 spiro atoms. The first kappa shape index (κ1) is 21.6. The molecule has 0 N–H and O–H groups in total. The van der Waals surface area contributed by atoms with Gasteiger partial charge in [0.1, 0.15) is 12.4 Å². The van der Waals surface area contributed by atoms with Crippen molar-refractivity contribution in [3.05, 3.63) is 76.9 Å². The summed E-state index contributed by atoms with van der Waals surface area (Å²) in [6.45, 7) is 5.80. The smallest absolute Gasteiger partial charge is 0.331 e. The van der Waals surface area contributed by atoms with E-state index in [1.165, 1.54) is 6.92 Å². The minimum Gasteiger partial charge on any atom is -0.486 e. The van der Waals surface area contributed by atoms with Crippen molar-refractivity contribution in [2.75, 3.05) is 6.61 Å². The Kier molecular flexibility index (Phi) is 5.24. The molecule has 7 nitrogen and oxygen atoms in total. The molecule has 0 fully saturated rings. The van der Waals surface area contributed by atoms with Crippen LogP contribution in [0.5, 0.6) is 5.75 Å². The predicted octanol–water partition coefficient (Wildman–Crippen LogP) is 4.85. The fourth-order valence-corrected chi connectivity index (χ4v) is 4.44. The molecular weight excluding hydrogens is 432 g/mol. The van der Waals surface area contributed by atoms with Crippen LogP contribution in [0.1, 0.15) is 45.7 Å². The van der Waals surface area contributed by atoms with E-state index in [0.29, 0.717) is 29.0 Å². The molecule has 5 rings (SSSR count). The van der Waals surface area contributed by atoms with Crippen molar-refractivity contribution < 1.29 is 24.0 Å². The highest BCUT2D eigenvalue weighted by Crippen LogP contribution is 2.36. The van der Waals surface area contributed by atoms with Crippen LogP contribution in [0, 0.1) is 6.92 Å². The SMILES string of the molecule is CCn1c2ccc(C(=O)c3ccccc3C)cc2c2cc3c(cc21)OC/C(=N\OC(C)=O)C3=O. The number of oxime groups is 1. The van der Waals surface area contributed by atoms with Gasteiger partial charge in [-0.3, -0.25) is 9.59 Å². The number of carbonyl (C=O) groups is 3. The Bertz CT molecular complexity index is 1540. The first-order valence-electron chi connectivity index (χ1n) is 11.0. The van der Waals surface area contributed by atoms with Crippen molar-refractivity contribution in [1.29, 1.82) is 0 Å². The molecule has 170 valence electrons. The zero-order chi connectivity index (χ0) is 24.0. The third-order valence-corrected chi connectivity index (χ3v) is 6.09. The number of benzene rings is 3. The van der Waals surface area contributed by atoms with Gasteiger partial charge < -0.3 is 14.1 Å². The number of fused-ring (bicyclic) bond motifs is 4. The van der Waals surface area contributed by atoms with Crippen molar-refractivity contribution in [1.82, 2.24) is 4.57 Å². The third-order valence-electron chi connectivity index (χ3n) is 6.09. The summed E-state index contributed by atoms with van der Waals surface area (Å²) in [6, 6.07) is 16.8. The van der Waals surface area contributed by atoms with E-state index in [1.807, 2.05) is 62.4 Å². The summed E-state index contributed by atoms with van der Waals surface area (Å²) in [5, 5.41) is 5.35. The number of nitrogens with zero attached hydrogens (tertiary/aromatic N) is 2. The second-order valence-corrected chi connectivity index (χ2v) is 8.22. The molecule has 4 aromatic rings. The summed E-state index contributed by atoms with van der Waals surface area (Å²) in [5.41, 5.74) is 4.39. The van der Waals surface area contributed by atoms with E-state index in [-0.39, 0.29) is 23.9 Å². The Labute approximate surface area is 195 Å². The molecule has 0 radical (unpaired) electrons. The van der Waals surface area contributed by atoms with Gasteiger partial charge >= 0.3 is 5.97 Å². The molecule has 1 aromatic heterocycles. The van der Waals surface area contributed by atoms with Crippen molar-refractivity contribution in [2.24, 2.45) is 5.16 Å². The van der Waals surface area contributed by atoms with Crippen LogP contribution in [0.4, 0.5) is 0 Å². The zero-order valence-electron chi connectivity index (χ0n) is 19.0. The Morgan fingerprint density at radius 2 is 1.82 bits per heavy atom. The molecule has 0 atom stereocenters. The molecule has 0 bridgehead atoms. The third kappa shape index (κ3) is 3.46. The van der Waals surface area contributed by atoms with Gasteiger partial charge in [-0.25, -0.2) is 4.79 Å². The number of Topliss-reactive ketones (excluding diaryl/α,β-unsaturated/α-hetero) is 1. The topological polar surface area (TPSA) is 87.0 Å². The van der Waals surface area contributed by atoms with Gasteiger partial charge in [0.05, 0.1) is 11.1 Å². The molecule has 0 unspecified atom stereocenters. The van der Waals surface area contributed by atoms with E-state index >= 15 is 0 Å². The molecule has 0 aliphatic carbocycles. The van der Waals surface area contributed by atoms with E-state index in [9.17, 15) is 14.4 Å². The lowest BCUT2D eigenvalue weighted by Crippen LogP contribution is -2.28. The Balaban J connectivity index is 1.68. The van der Waals surface area contributed by atoms with Gasteiger partial charge in [0.15, 0.2) is 11.5 Å². The van der Waals surface area contributed by atoms with E-state index in [4.69, 9.17) is 4.74 Å². The van der Waals surface area contributed by atoms with E-state index in [1.54, 1.807) is 6.07 Å². The zero-order valence-corrected chi connectivity index (χ0v) is 19.0. The predicted molar refractivity (Wildman–Crippen MR) is 129 cm³/mol. The molecular formula is C27H22N2O5. The fraction of sp³-hybridized carbons (Fsp3) is 0.185. The normalized spacial score (nSPS) is 14.3. The molecule has 1 aliphatic heterocycles. The standard InChI is InChI=1S/C27H22N2O5/c1-4-29-23-10-9-17(26(31)18-8-6-5-7-15(18)2)11-19(23)20-12-21-25(13-24(20)29)33-14-22(27(21)32)28-34-16(3)30/h5-13H,4,14H2,1-3H3/b28-22+. The highest BCUT2D eigenvalue weighted by Gasteiger charge is 2.28.